The molecule has 0 bridgehead atoms. The lowest BCUT2D eigenvalue weighted by Crippen LogP contribution is -2.41. The molecule has 0 spiro atoms. The molecule has 5 nitrogen and oxygen atoms in total. The highest BCUT2D eigenvalue weighted by Gasteiger charge is 2.32. The van der Waals surface area contributed by atoms with Gasteiger partial charge in [-0.1, -0.05) is 23.2 Å². The molecule has 3 rings (SSSR count). The number of aromatic carboxylic acids is 1. The average molecular weight is 468 g/mol. The molecule has 0 amide bonds. The van der Waals surface area contributed by atoms with E-state index in [4.69, 9.17) is 33.0 Å². The number of hydrogen-bond donors (Lipinski definition) is 1. The summed E-state index contributed by atoms with van der Waals surface area (Å²) in [6.45, 7) is 0.949. The maximum atomic E-state index is 13.9. The largest absolute Gasteiger partial charge is 0.573 e. The van der Waals surface area contributed by atoms with Gasteiger partial charge in [0, 0.05) is 18.3 Å². The highest BCUT2D eigenvalue weighted by Crippen LogP contribution is 2.35. The lowest BCUT2D eigenvalue weighted by atomic mass is 10.1. The van der Waals surface area contributed by atoms with Crippen molar-refractivity contribution >= 4 is 34.9 Å². The minimum atomic E-state index is -4.85. The number of rotatable bonds is 5. The number of carbonyl (C=O) groups is 1. The highest BCUT2D eigenvalue weighted by molar-refractivity contribution is 6.32. The molecule has 0 aromatic heterocycles. The van der Waals surface area contributed by atoms with E-state index in [0.29, 0.717) is 31.6 Å². The second kappa shape index (κ2) is 8.77. The Labute approximate surface area is 178 Å². The third kappa shape index (κ3) is 5.40. The van der Waals surface area contributed by atoms with E-state index in [1.807, 2.05) is 4.90 Å². The standard InChI is InChI=1S/C19H15Cl2F4NO4/c20-13-6-10(3-4-16(13)30-19(23,24)25)26-5-1-2-11(9-26)29-17-8-15(22)12(18(27)28)7-14(17)21/h3-4,6-8,11H,1-2,5,9H2,(H,27,28)/t11-/m1/s1. The van der Waals surface area contributed by atoms with E-state index in [9.17, 15) is 22.4 Å². The molecule has 11 heteroatoms. The van der Waals surface area contributed by atoms with E-state index in [0.717, 1.165) is 18.2 Å². The van der Waals surface area contributed by atoms with Gasteiger partial charge in [-0.25, -0.2) is 9.18 Å². The number of hydrogen-bond acceptors (Lipinski definition) is 4. The third-order valence-electron chi connectivity index (χ3n) is 4.43. The Morgan fingerprint density at radius 3 is 2.47 bits per heavy atom. The minimum absolute atomic E-state index is 0.0120. The van der Waals surface area contributed by atoms with Crippen LogP contribution < -0.4 is 14.4 Å². The lowest BCUT2D eigenvalue weighted by molar-refractivity contribution is -0.274. The van der Waals surface area contributed by atoms with Crippen molar-refractivity contribution in [3.8, 4) is 11.5 Å². The molecule has 162 valence electrons. The number of anilines is 1. The summed E-state index contributed by atoms with van der Waals surface area (Å²) in [4.78, 5) is 12.8. The van der Waals surface area contributed by atoms with Gasteiger partial charge in [-0.05, 0) is 37.1 Å². The number of carboxylic acid groups (broad SMARTS) is 1. The molecule has 1 fully saturated rings. The Morgan fingerprint density at radius 2 is 1.83 bits per heavy atom. The average Bonchev–Trinajstić information content (AvgIpc) is 2.65. The summed E-state index contributed by atoms with van der Waals surface area (Å²) in [7, 11) is 0. The number of alkyl halides is 3. The summed E-state index contributed by atoms with van der Waals surface area (Å²) in [5.74, 6) is -2.90. The zero-order valence-electron chi connectivity index (χ0n) is 15.2. The lowest BCUT2D eigenvalue weighted by Gasteiger charge is -2.34. The van der Waals surface area contributed by atoms with Crippen molar-refractivity contribution in [1.29, 1.82) is 0 Å². The van der Waals surface area contributed by atoms with Gasteiger partial charge in [-0.3, -0.25) is 0 Å². The Bertz CT molecular complexity index is 955. The number of carboxylic acids is 1. The summed E-state index contributed by atoms with van der Waals surface area (Å²) in [5, 5.41) is 8.71. The summed E-state index contributed by atoms with van der Waals surface area (Å²) in [6, 6.07) is 5.84. The zero-order valence-corrected chi connectivity index (χ0v) is 16.7. The number of benzene rings is 2. The molecule has 0 saturated carbocycles. The van der Waals surface area contributed by atoms with Crippen LogP contribution in [0.2, 0.25) is 10.0 Å². The molecule has 1 atom stereocenters. The fourth-order valence-electron chi connectivity index (χ4n) is 3.13. The predicted octanol–water partition coefficient (Wildman–Crippen LogP) is 5.78. The summed E-state index contributed by atoms with van der Waals surface area (Å²) in [5.41, 5.74) is 0.00903. The van der Waals surface area contributed by atoms with Gasteiger partial charge in [0.15, 0.2) is 0 Å². The van der Waals surface area contributed by atoms with Gasteiger partial charge in [0.1, 0.15) is 23.4 Å². The number of piperidine rings is 1. The first-order valence-corrected chi connectivity index (χ1v) is 9.48. The van der Waals surface area contributed by atoms with Gasteiger partial charge < -0.3 is 19.5 Å². The molecule has 0 unspecified atom stereocenters. The van der Waals surface area contributed by atoms with Crippen molar-refractivity contribution in [2.75, 3.05) is 18.0 Å². The molecule has 30 heavy (non-hydrogen) atoms. The molecule has 2 aromatic carbocycles. The summed E-state index contributed by atoms with van der Waals surface area (Å²) in [6.07, 6.45) is -3.94. The summed E-state index contributed by atoms with van der Waals surface area (Å²) < 4.78 is 60.7. The molecule has 1 aliphatic rings. The van der Waals surface area contributed by atoms with Gasteiger partial charge in [0.25, 0.3) is 0 Å². The van der Waals surface area contributed by atoms with Crippen LogP contribution >= 0.6 is 23.2 Å². The number of ether oxygens (including phenoxy) is 2. The second-order valence-corrected chi connectivity index (χ2v) is 7.37. The van der Waals surface area contributed by atoms with Crippen LogP contribution in [0.3, 0.4) is 0 Å². The van der Waals surface area contributed by atoms with E-state index in [1.165, 1.54) is 12.1 Å². The maximum Gasteiger partial charge on any atom is 0.573 e. The molecular weight excluding hydrogens is 453 g/mol. The van der Waals surface area contributed by atoms with Gasteiger partial charge >= 0.3 is 12.3 Å². The SMILES string of the molecule is O=C(O)c1cc(Cl)c(O[C@@H]2CCCN(c3ccc(OC(F)(F)F)c(Cl)c3)C2)cc1F. The molecule has 1 N–H and O–H groups in total. The van der Waals surface area contributed by atoms with Crippen molar-refractivity contribution in [2.45, 2.75) is 25.3 Å². The Kier molecular flexibility index (Phi) is 6.52. The van der Waals surface area contributed by atoms with Crippen LogP contribution in [0.5, 0.6) is 11.5 Å². The van der Waals surface area contributed by atoms with E-state index in [2.05, 4.69) is 4.74 Å². The predicted molar refractivity (Wildman–Crippen MR) is 102 cm³/mol. The summed E-state index contributed by atoms with van der Waals surface area (Å²) >= 11 is 11.9. The van der Waals surface area contributed by atoms with Crippen LogP contribution in [0.4, 0.5) is 23.2 Å². The van der Waals surface area contributed by atoms with Crippen LogP contribution in [-0.2, 0) is 0 Å². The Morgan fingerprint density at radius 1 is 1.13 bits per heavy atom. The molecular formula is C19H15Cl2F4NO4. The molecule has 1 aliphatic heterocycles. The van der Waals surface area contributed by atoms with Crippen molar-refractivity contribution in [3.63, 3.8) is 0 Å². The van der Waals surface area contributed by atoms with Crippen LogP contribution in [0, 0.1) is 5.82 Å². The van der Waals surface area contributed by atoms with E-state index >= 15 is 0 Å². The first-order valence-electron chi connectivity index (χ1n) is 8.72. The number of nitrogens with zero attached hydrogens (tertiary/aromatic N) is 1. The first kappa shape index (κ1) is 22.3. The minimum Gasteiger partial charge on any atom is -0.487 e. The fraction of sp³-hybridized carbons (Fsp3) is 0.316. The van der Waals surface area contributed by atoms with Crippen molar-refractivity contribution in [1.82, 2.24) is 0 Å². The number of halogens is 6. The van der Waals surface area contributed by atoms with E-state index < -0.39 is 35.6 Å². The second-order valence-electron chi connectivity index (χ2n) is 6.56. The monoisotopic (exact) mass is 467 g/mol. The Hall–Kier alpha value is -2.39. The van der Waals surface area contributed by atoms with E-state index in [-0.39, 0.29) is 15.8 Å². The zero-order chi connectivity index (χ0) is 22.1. The smallest absolute Gasteiger partial charge is 0.487 e. The van der Waals surface area contributed by atoms with Crippen LogP contribution in [-0.4, -0.2) is 36.6 Å². The quantitative estimate of drug-likeness (QED) is 0.565. The molecule has 0 radical (unpaired) electrons. The van der Waals surface area contributed by atoms with Gasteiger partial charge in [0.05, 0.1) is 22.2 Å². The molecule has 1 heterocycles. The van der Waals surface area contributed by atoms with Gasteiger partial charge in [-0.2, -0.15) is 0 Å². The topological polar surface area (TPSA) is 59.0 Å². The first-order chi connectivity index (χ1) is 14.0. The van der Waals surface area contributed by atoms with Gasteiger partial charge in [0.2, 0.25) is 0 Å². The highest BCUT2D eigenvalue weighted by atomic mass is 35.5. The molecule has 1 saturated heterocycles. The van der Waals surface area contributed by atoms with Crippen molar-refractivity contribution < 1.29 is 36.9 Å². The fourth-order valence-corrected chi connectivity index (χ4v) is 3.55. The van der Waals surface area contributed by atoms with Crippen LogP contribution in [0.1, 0.15) is 23.2 Å². The van der Waals surface area contributed by atoms with Crippen molar-refractivity contribution in [2.24, 2.45) is 0 Å². The third-order valence-corrected chi connectivity index (χ3v) is 5.02. The normalized spacial score (nSPS) is 17.0. The molecule has 0 aliphatic carbocycles. The van der Waals surface area contributed by atoms with E-state index in [1.54, 1.807) is 0 Å². The maximum absolute atomic E-state index is 13.9. The van der Waals surface area contributed by atoms with Gasteiger partial charge in [-0.15, -0.1) is 13.2 Å². The van der Waals surface area contributed by atoms with Crippen molar-refractivity contribution in [3.05, 3.63) is 51.8 Å². The van der Waals surface area contributed by atoms with Crippen LogP contribution in [0.15, 0.2) is 30.3 Å². The van der Waals surface area contributed by atoms with Crippen LogP contribution in [0.25, 0.3) is 0 Å². The molecule has 2 aromatic rings. The Balaban J connectivity index is 1.72.